The lowest BCUT2D eigenvalue weighted by Crippen LogP contribution is -2.32. The molecule has 2 fully saturated rings. The van der Waals surface area contributed by atoms with Gasteiger partial charge in [-0.2, -0.15) is 0 Å². The van der Waals surface area contributed by atoms with Gasteiger partial charge in [0.25, 0.3) is 0 Å². The second-order valence-corrected chi connectivity index (χ2v) is 5.97. The Bertz CT molecular complexity index is 218. The molecule has 0 heterocycles. The molecule has 17 heavy (non-hydrogen) atoms. The number of rotatable bonds is 8. The summed E-state index contributed by atoms with van der Waals surface area (Å²) in [5.41, 5.74) is 5.82. The molecule has 2 atom stereocenters. The van der Waals surface area contributed by atoms with Gasteiger partial charge in [-0.1, -0.05) is 6.42 Å². The molecule has 2 unspecified atom stereocenters. The summed E-state index contributed by atoms with van der Waals surface area (Å²) in [6, 6.07) is 0. The number of hydrogen-bond donors (Lipinski definition) is 1. The molecule has 2 saturated carbocycles. The molecule has 2 N–H and O–H groups in total. The first kappa shape index (κ1) is 13.3. The molecule has 3 heteroatoms. The molecular formula is C14H28N2O. The van der Waals surface area contributed by atoms with Gasteiger partial charge in [0, 0.05) is 19.7 Å². The monoisotopic (exact) mass is 240 g/mol. The summed E-state index contributed by atoms with van der Waals surface area (Å²) in [6.07, 6.45) is 6.85. The Morgan fingerprint density at radius 1 is 1.18 bits per heavy atom. The molecule has 0 aliphatic heterocycles. The molecule has 0 bridgehead atoms. The van der Waals surface area contributed by atoms with Crippen LogP contribution in [0.15, 0.2) is 0 Å². The second-order valence-electron chi connectivity index (χ2n) is 5.97. The van der Waals surface area contributed by atoms with Crippen LogP contribution in [0.25, 0.3) is 0 Å². The van der Waals surface area contributed by atoms with Crippen LogP contribution in [0.2, 0.25) is 0 Å². The number of nitrogens with zero attached hydrogens (tertiary/aromatic N) is 1. The number of ether oxygens (including phenoxy) is 1. The molecular weight excluding hydrogens is 212 g/mol. The SMILES string of the molecule is CN(CCOCC1CC1)CC1CCCC1CN. The largest absolute Gasteiger partial charge is 0.380 e. The predicted octanol–water partition coefficient (Wildman–Crippen LogP) is 1.72. The highest BCUT2D eigenvalue weighted by atomic mass is 16.5. The van der Waals surface area contributed by atoms with E-state index in [0.29, 0.717) is 0 Å². The van der Waals surface area contributed by atoms with E-state index in [4.69, 9.17) is 10.5 Å². The van der Waals surface area contributed by atoms with Crippen molar-refractivity contribution in [2.45, 2.75) is 32.1 Å². The fourth-order valence-corrected chi connectivity index (χ4v) is 2.91. The molecule has 2 aliphatic carbocycles. The maximum Gasteiger partial charge on any atom is 0.0593 e. The van der Waals surface area contributed by atoms with Gasteiger partial charge in [-0.25, -0.2) is 0 Å². The topological polar surface area (TPSA) is 38.5 Å². The van der Waals surface area contributed by atoms with E-state index in [-0.39, 0.29) is 0 Å². The van der Waals surface area contributed by atoms with Crippen LogP contribution >= 0.6 is 0 Å². The third-order valence-corrected chi connectivity index (χ3v) is 4.33. The van der Waals surface area contributed by atoms with Gasteiger partial charge in [-0.3, -0.25) is 0 Å². The first-order valence-electron chi connectivity index (χ1n) is 7.26. The summed E-state index contributed by atoms with van der Waals surface area (Å²) in [4.78, 5) is 2.42. The zero-order chi connectivity index (χ0) is 12.1. The van der Waals surface area contributed by atoms with E-state index in [1.165, 1.54) is 38.6 Å². The van der Waals surface area contributed by atoms with Crippen molar-refractivity contribution in [2.24, 2.45) is 23.5 Å². The van der Waals surface area contributed by atoms with E-state index >= 15 is 0 Å². The summed E-state index contributed by atoms with van der Waals surface area (Å²) >= 11 is 0. The third kappa shape index (κ3) is 4.57. The number of nitrogens with two attached hydrogens (primary N) is 1. The zero-order valence-corrected chi connectivity index (χ0v) is 11.2. The fourth-order valence-electron chi connectivity index (χ4n) is 2.91. The normalized spacial score (nSPS) is 29.1. The Balaban J connectivity index is 1.54. The fraction of sp³-hybridized carbons (Fsp3) is 1.00. The number of hydrogen-bond acceptors (Lipinski definition) is 3. The predicted molar refractivity (Wildman–Crippen MR) is 70.9 cm³/mol. The molecule has 0 saturated heterocycles. The van der Waals surface area contributed by atoms with Gasteiger partial charge in [0.2, 0.25) is 0 Å². The molecule has 0 radical (unpaired) electrons. The van der Waals surface area contributed by atoms with Gasteiger partial charge >= 0.3 is 0 Å². The van der Waals surface area contributed by atoms with Crippen molar-refractivity contribution in [3.8, 4) is 0 Å². The quantitative estimate of drug-likeness (QED) is 0.657. The van der Waals surface area contributed by atoms with Gasteiger partial charge in [0.15, 0.2) is 0 Å². The molecule has 100 valence electrons. The Labute approximate surface area is 106 Å². The first-order valence-corrected chi connectivity index (χ1v) is 7.26. The van der Waals surface area contributed by atoms with Crippen LogP contribution in [0.1, 0.15) is 32.1 Å². The summed E-state index contributed by atoms with van der Waals surface area (Å²) in [6.45, 7) is 5.03. The summed E-state index contributed by atoms with van der Waals surface area (Å²) in [7, 11) is 2.21. The Hall–Kier alpha value is -0.120. The van der Waals surface area contributed by atoms with Gasteiger partial charge in [-0.15, -0.1) is 0 Å². The third-order valence-electron chi connectivity index (χ3n) is 4.33. The maximum atomic E-state index is 5.82. The average Bonchev–Trinajstić information content (AvgIpc) is 3.04. The lowest BCUT2D eigenvalue weighted by molar-refractivity contribution is 0.0970. The van der Waals surface area contributed by atoms with Gasteiger partial charge in [0.05, 0.1) is 6.61 Å². The Morgan fingerprint density at radius 2 is 1.94 bits per heavy atom. The summed E-state index contributed by atoms with van der Waals surface area (Å²) in [5, 5.41) is 0. The maximum absolute atomic E-state index is 5.82. The van der Waals surface area contributed by atoms with E-state index in [2.05, 4.69) is 11.9 Å². The molecule has 0 spiro atoms. The molecule has 0 amide bonds. The van der Waals surface area contributed by atoms with Crippen molar-refractivity contribution in [1.82, 2.24) is 4.90 Å². The molecule has 0 aromatic rings. The zero-order valence-electron chi connectivity index (χ0n) is 11.2. The van der Waals surface area contributed by atoms with Crippen LogP contribution in [0, 0.1) is 17.8 Å². The molecule has 2 aliphatic rings. The molecule has 0 aromatic heterocycles. The van der Waals surface area contributed by atoms with E-state index < -0.39 is 0 Å². The van der Waals surface area contributed by atoms with Crippen LogP contribution in [0.4, 0.5) is 0 Å². The minimum absolute atomic E-state index is 0.768. The summed E-state index contributed by atoms with van der Waals surface area (Å²) < 4.78 is 5.68. The summed E-state index contributed by atoms with van der Waals surface area (Å²) in [5.74, 6) is 2.48. The van der Waals surface area contributed by atoms with E-state index in [1.807, 2.05) is 0 Å². The highest BCUT2D eigenvalue weighted by Gasteiger charge is 2.26. The lowest BCUT2D eigenvalue weighted by atomic mass is 9.96. The van der Waals surface area contributed by atoms with Gasteiger partial charge in [0.1, 0.15) is 0 Å². The highest BCUT2D eigenvalue weighted by molar-refractivity contribution is 4.80. The van der Waals surface area contributed by atoms with Crippen LogP contribution in [-0.4, -0.2) is 44.8 Å². The first-order chi connectivity index (χ1) is 8.29. The van der Waals surface area contributed by atoms with E-state index in [0.717, 1.165) is 44.1 Å². The lowest BCUT2D eigenvalue weighted by Gasteiger charge is -2.24. The average molecular weight is 240 g/mol. The van der Waals surface area contributed by atoms with Crippen LogP contribution in [0.5, 0.6) is 0 Å². The van der Waals surface area contributed by atoms with E-state index in [1.54, 1.807) is 0 Å². The number of likely N-dealkylation sites (N-methyl/N-ethyl adjacent to an activating group) is 1. The Kier molecular flexibility index (Phi) is 5.26. The van der Waals surface area contributed by atoms with Gasteiger partial charge < -0.3 is 15.4 Å². The molecule has 3 nitrogen and oxygen atoms in total. The van der Waals surface area contributed by atoms with Crippen LogP contribution in [0.3, 0.4) is 0 Å². The smallest absolute Gasteiger partial charge is 0.0593 e. The molecule has 0 aromatic carbocycles. The minimum atomic E-state index is 0.768. The van der Waals surface area contributed by atoms with Gasteiger partial charge in [-0.05, 0) is 57.0 Å². The standard InChI is InChI=1S/C14H28N2O/c1-16(7-8-17-11-12-5-6-12)10-14-4-2-3-13(14)9-15/h12-14H,2-11,15H2,1H3. The Morgan fingerprint density at radius 3 is 2.65 bits per heavy atom. The van der Waals surface area contributed by atoms with Crippen LogP contribution in [-0.2, 0) is 4.74 Å². The van der Waals surface area contributed by atoms with E-state index in [9.17, 15) is 0 Å². The van der Waals surface area contributed by atoms with Crippen molar-refractivity contribution in [2.75, 3.05) is 39.9 Å². The van der Waals surface area contributed by atoms with Crippen LogP contribution < -0.4 is 5.73 Å². The second kappa shape index (κ2) is 6.72. The molecule has 2 rings (SSSR count). The van der Waals surface area contributed by atoms with Crippen molar-refractivity contribution in [3.63, 3.8) is 0 Å². The van der Waals surface area contributed by atoms with Crippen molar-refractivity contribution in [1.29, 1.82) is 0 Å². The van der Waals surface area contributed by atoms with Crippen molar-refractivity contribution < 1.29 is 4.74 Å². The highest BCUT2D eigenvalue weighted by Crippen LogP contribution is 2.31. The minimum Gasteiger partial charge on any atom is -0.380 e. The van der Waals surface area contributed by atoms with Crippen molar-refractivity contribution >= 4 is 0 Å². The van der Waals surface area contributed by atoms with Crippen molar-refractivity contribution in [3.05, 3.63) is 0 Å².